The Morgan fingerprint density at radius 1 is 1.08 bits per heavy atom. The van der Waals surface area contributed by atoms with Gasteiger partial charge in [0.2, 0.25) is 0 Å². The van der Waals surface area contributed by atoms with E-state index in [2.05, 4.69) is 15.4 Å². The largest absolute Gasteiger partial charge is 0.465 e. The molecule has 0 saturated carbocycles. The van der Waals surface area contributed by atoms with Crippen LogP contribution in [0.4, 0.5) is 0 Å². The molecular formula is C19H20N2O3S. The predicted octanol–water partition coefficient (Wildman–Crippen LogP) is 3.23. The zero-order valence-electron chi connectivity index (χ0n) is 14.1. The number of benzene rings is 2. The Morgan fingerprint density at radius 2 is 1.76 bits per heavy atom. The number of rotatable bonds is 5. The van der Waals surface area contributed by atoms with Crippen LogP contribution in [0, 0.1) is 0 Å². The lowest BCUT2D eigenvalue weighted by atomic mass is 10.1. The first-order chi connectivity index (χ1) is 12.0. The average molecular weight is 356 g/mol. The second-order valence-electron chi connectivity index (χ2n) is 5.37. The minimum Gasteiger partial charge on any atom is -0.465 e. The number of nitrogens with one attached hydrogen (secondary N) is 2. The first-order valence-corrected chi connectivity index (χ1v) is 8.31. The third-order valence-corrected chi connectivity index (χ3v) is 3.91. The molecule has 0 aliphatic heterocycles. The molecule has 0 fully saturated rings. The molecular weight excluding hydrogens is 336 g/mol. The van der Waals surface area contributed by atoms with Gasteiger partial charge in [-0.3, -0.25) is 10.1 Å². The molecule has 2 N–H and O–H groups in total. The number of thiocarbonyl (C=S) groups is 1. The molecule has 1 unspecified atom stereocenters. The van der Waals surface area contributed by atoms with Crippen molar-refractivity contribution >= 4 is 29.2 Å². The van der Waals surface area contributed by atoms with E-state index in [0.29, 0.717) is 11.1 Å². The van der Waals surface area contributed by atoms with Crippen LogP contribution in [0.3, 0.4) is 0 Å². The molecule has 0 aromatic heterocycles. The van der Waals surface area contributed by atoms with Gasteiger partial charge >= 0.3 is 5.97 Å². The smallest absolute Gasteiger partial charge is 0.337 e. The summed E-state index contributed by atoms with van der Waals surface area (Å²) in [6.45, 7) is 2.04. The van der Waals surface area contributed by atoms with Gasteiger partial charge in [0.15, 0.2) is 5.11 Å². The van der Waals surface area contributed by atoms with E-state index in [9.17, 15) is 9.59 Å². The van der Waals surface area contributed by atoms with Crippen LogP contribution in [0.1, 0.15) is 45.7 Å². The van der Waals surface area contributed by atoms with Crippen LogP contribution in [0.15, 0.2) is 54.6 Å². The van der Waals surface area contributed by atoms with Crippen LogP contribution in [0.5, 0.6) is 0 Å². The van der Waals surface area contributed by atoms with Crippen LogP contribution in [-0.4, -0.2) is 24.1 Å². The summed E-state index contributed by atoms with van der Waals surface area (Å²) in [5, 5.41) is 6.02. The van der Waals surface area contributed by atoms with Crippen molar-refractivity contribution in [2.24, 2.45) is 0 Å². The number of amides is 1. The van der Waals surface area contributed by atoms with Gasteiger partial charge in [-0.05, 0) is 42.4 Å². The van der Waals surface area contributed by atoms with Crippen LogP contribution in [0.25, 0.3) is 0 Å². The Bertz CT molecular complexity index is 762. The summed E-state index contributed by atoms with van der Waals surface area (Å²) < 4.78 is 4.66. The van der Waals surface area contributed by atoms with Crippen molar-refractivity contribution in [1.82, 2.24) is 10.6 Å². The van der Waals surface area contributed by atoms with Crippen LogP contribution >= 0.6 is 12.2 Å². The highest BCUT2D eigenvalue weighted by molar-refractivity contribution is 7.80. The fraction of sp³-hybridized carbons (Fsp3) is 0.211. The van der Waals surface area contributed by atoms with E-state index in [1.807, 2.05) is 37.3 Å². The zero-order chi connectivity index (χ0) is 18.2. The number of methoxy groups -OCH3 is 1. The minimum absolute atomic E-state index is 0.00963. The van der Waals surface area contributed by atoms with Gasteiger partial charge in [-0.2, -0.15) is 0 Å². The molecule has 5 nitrogen and oxygen atoms in total. The topological polar surface area (TPSA) is 67.4 Å². The van der Waals surface area contributed by atoms with E-state index in [4.69, 9.17) is 12.2 Å². The number of carbonyl (C=O) groups is 2. The molecule has 130 valence electrons. The summed E-state index contributed by atoms with van der Waals surface area (Å²) in [4.78, 5) is 23.9. The third-order valence-electron chi connectivity index (χ3n) is 3.69. The molecule has 0 aliphatic carbocycles. The van der Waals surface area contributed by atoms with E-state index in [1.54, 1.807) is 18.2 Å². The summed E-state index contributed by atoms with van der Waals surface area (Å²) in [6.07, 6.45) is 0.817. The highest BCUT2D eigenvalue weighted by Crippen LogP contribution is 2.15. The summed E-state index contributed by atoms with van der Waals surface area (Å²) in [5.74, 6) is -0.878. The lowest BCUT2D eigenvalue weighted by molar-refractivity contribution is 0.0600. The fourth-order valence-electron chi connectivity index (χ4n) is 2.38. The average Bonchev–Trinajstić information content (AvgIpc) is 2.66. The van der Waals surface area contributed by atoms with Crippen molar-refractivity contribution in [2.75, 3.05) is 7.11 Å². The minimum atomic E-state index is -0.495. The third kappa shape index (κ3) is 5.12. The molecule has 0 spiro atoms. The van der Waals surface area contributed by atoms with Crippen LogP contribution < -0.4 is 10.6 Å². The second-order valence-corrected chi connectivity index (χ2v) is 5.78. The number of hydrogen-bond acceptors (Lipinski definition) is 4. The van der Waals surface area contributed by atoms with Crippen molar-refractivity contribution in [3.8, 4) is 0 Å². The van der Waals surface area contributed by atoms with E-state index >= 15 is 0 Å². The quantitative estimate of drug-likeness (QED) is 0.636. The standard InChI is InChI=1S/C19H20N2O3S/c1-3-16(13-8-5-4-6-9-13)20-19(25)21-17(22)14-10-7-11-15(12-14)18(23)24-2/h4-12,16H,3H2,1-2H3,(H2,20,21,22,25). The molecule has 0 radical (unpaired) electrons. The van der Waals surface area contributed by atoms with E-state index in [0.717, 1.165) is 12.0 Å². The number of ether oxygens (including phenoxy) is 1. The van der Waals surface area contributed by atoms with Gasteiger partial charge in [0, 0.05) is 5.56 Å². The van der Waals surface area contributed by atoms with Crippen molar-refractivity contribution in [3.63, 3.8) is 0 Å². The predicted molar refractivity (Wildman–Crippen MR) is 100 cm³/mol. The van der Waals surface area contributed by atoms with E-state index in [1.165, 1.54) is 13.2 Å². The zero-order valence-corrected chi connectivity index (χ0v) is 14.9. The molecule has 0 bridgehead atoms. The monoisotopic (exact) mass is 356 g/mol. The van der Waals surface area contributed by atoms with Gasteiger partial charge in [0.05, 0.1) is 18.7 Å². The van der Waals surface area contributed by atoms with Gasteiger partial charge in [0.25, 0.3) is 5.91 Å². The molecule has 0 aliphatic rings. The maximum absolute atomic E-state index is 12.3. The van der Waals surface area contributed by atoms with Gasteiger partial charge in [-0.25, -0.2) is 4.79 Å². The van der Waals surface area contributed by atoms with Crippen molar-refractivity contribution < 1.29 is 14.3 Å². The fourth-order valence-corrected chi connectivity index (χ4v) is 2.62. The highest BCUT2D eigenvalue weighted by Gasteiger charge is 2.14. The van der Waals surface area contributed by atoms with Gasteiger partial charge in [-0.15, -0.1) is 0 Å². The molecule has 1 amide bonds. The molecule has 2 aromatic carbocycles. The molecule has 6 heteroatoms. The lowest BCUT2D eigenvalue weighted by Gasteiger charge is -2.19. The Kier molecular flexibility index (Phi) is 6.65. The molecule has 2 aromatic rings. The first kappa shape index (κ1) is 18.6. The van der Waals surface area contributed by atoms with Crippen LogP contribution in [0.2, 0.25) is 0 Å². The number of esters is 1. The Morgan fingerprint density at radius 3 is 2.40 bits per heavy atom. The summed E-state index contributed by atoms with van der Waals surface area (Å²) >= 11 is 5.25. The molecule has 0 heterocycles. The number of hydrogen-bond donors (Lipinski definition) is 2. The Labute approximate surface area is 152 Å². The lowest BCUT2D eigenvalue weighted by Crippen LogP contribution is -2.41. The number of carbonyl (C=O) groups excluding carboxylic acids is 2. The maximum Gasteiger partial charge on any atom is 0.337 e. The molecule has 0 saturated heterocycles. The molecule has 1 atom stereocenters. The van der Waals surface area contributed by atoms with Gasteiger partial charge in [-0.1, -0.05) is 43.3 Å². The summed E-state index contributed by atoms with van der Waals surface area (Å²) in [6, 6.07) is 16.2. The van der Waals surface area contributed by atoms with Crippen molar-refractivity contribution in [1.29, 1.82) is 0 Å². The SMILES string of the molecule is CCC(NC(=S)NC(=O)c1cccc(C(=O)OC)c1)c1ccccc1. The van der Waals surface area contributed by atoms with Gasteiger partial charge in [0.1, 0.15) is 0 Å². The first-order valence-electron chi connectivity index (χ1n) is 7.90. The maximum atomic E-state index is 12.3. The van der Waals surface area contributed by atoms with E-state index < -0.39 is 5.97 Å². The molecule has 2 rings (SSSR count). The van der Waals surface area contributed by atoms with Crippen molar-refractivity contribution in [2.45, 2.75) is 19.4 Å². The second kappa shape index (κ2) is 8.94. The Balaban J connectivity index is 2.02. The summed E-state index contributed by atoms with van der Waals surface area (Å²) in [7, 11) is 1.29. The van der Waals surface area contributed by atoms with Gasteiger partial charge < -0.3 is 10.1 Å². The van der Waals surface area contributed by atoms with Crippen LogP contribution in [-0.2, 0) is 4.74 Å². The molecule has 25 heavy (non-hydrogen) atoms. The Hall–Kier alpha value is -2.73. The highest BCUT2D eigenvalue weighted by atomic mass is 32.1. The normalized spacial score (nSPS) is 11.3. The van der Waals surface area contributed by atoms with Crippen molar-refractivity contribution in [3.05, 3.63) is 71.3 Å². The summed E-state index contributed by atoms with van der Waals surface area (Å²) in [5.41, 5.74) is 1.74. The van der Waals surface area contributed by atoms with E-state index in [-0.39, 0.29) is 17.1 Å².